The molecule has 1 aromatic heterocycles. The molecular formula is C15H12N2. The van der Waals surface area contributed by atoms with Crippen molar-refractivity contribution < 1.29 is 0 Å². The minimum absolute atomic E-state index is 0.936. The molecule has 0 aliphatic heterocycles. The number of rotatable bonds is 1. The summed E-state index contributed by atoms with van der Waals surface area (Å²) < 4.78 is 0. The second-order valence-corrected chi connectivity index (χ2v) is 4.14. The summed E-state index contributed by atoms with van der Waals surface area (Å²) in [5.41, 5.74) is 4.52. The van der Waals surface area contributed by atoms with Crippen molar-refractivity contribution in [2.24, 2.45) is 0 Å². The zero-order valence-electron chi connectivity index (χ0n) is 9.59. The first kappa shape index (κ1) is 9.97. The van der Waals surface area contributed by atoms with E-state index in [-0.39, 0.29) is 0 Å². The Labute approximate surface area is 99.9 Å². The summed E-state index contributed by atoms with van der Waals surface area (Å²) in [6.45, 7) is 2.09. The molecule has 1 heterocycles. The van der Waals surface area contributed by atoms with E-state index in [1.165, 1.54) is 11.1 Å². The lowest BCUT2D eigenvalue weighted by molar-refractivity contribution is 1.08. The van der Waals surface area contributed by atoms with E-state index in [4.69, 9.17) is 0 Å². The largest absolute Gasteiger partial charge is 0.158 e. The molecular weight excluding hydrogens is 208 g/mol. The SMILES string of the molecule is Cc1ccc(-c2cnnc3ccccc23)cc1. The normalized spacial score (nSPS) is 10.6. The Bertz CT molecular complexity index is 652. The van der Waals surface area contributed by atoms with E-state index in [0.29, 0.717) is 0 Å². The van der Waals surface area contributed by atoms with E-state index in [2.05, 4.69) is 47.5 Å². The molecule has 0 saturated heterocycles. The third-order valence-corrected chi connectivity index (χ3v) is 2.91. The Morgan fingerprint density at radius 2 is 1.65 bits per heavy atom. The molecule has 0 atom stereocenters. The number of hydrogen-bond donors (Lipinski definition) is 0. The Kier molecular flexibility index (Phi) is 2.33. The smallest absolute Gasteiger partial charge is 0.0935 e. The first-order chi connectivity index (χ1) is 8.34. The molecule has 0 N–H and O–H groups in total. The fourth-order valence-electron chi connectivity index (χ4n) is 1.97. The lowest BCUT2D eigenvalue weighted by Gasteiger charge is -2.05. The Morgan fingerprint density at radius 1 is 0.882 bits per heavy atom. The van der Waals surface area contributed by atoms with Gasteiger partial charge in [-0.25, -0.2) is 0 Å². The quantitative estimate of drug-likeness (QED) is 0.626. The summed E-state index contributed by atoms with van der Waals surface area (Å²) in [4.78, 5) is 0. The average molecular weight is 220 g/mol. The first-order valence-corrected chi connectivity index (χ1v) is 5.62. The van der Waals surface area contributed by atoms with E-state index in [0.717, 1.165) is 16.5 Å². The van der Waals surface area contributed by atoms with Crippen LogP contribution in [0.5, 0.6) is 0 Å². The van der Waals surface area contributed by atoms with Gasteiger partial charge in [0.1, 0.15) is 0 Å². The highest BCUT2D eigenvalue weighted by Gasteiger charge is 2.04. The maximum atomic E-state index is 4.13. The molecule has 0 saturated carbocycles. The molecule has 0 fully saturated rings. The van der Waals surface area contributed by atoms with Gasteiger partial charge < -0.3 is 0 Å². The Hall–Kier alpha value is -2.22. The molecule has 0 amide bonds. The van der Waals surface area contributed by atoms with Crippen molar-refractivity contribution in [1.82, 2.24) is 10.2 Å². The minimum Gasteiger partial charge on any atom is -0.158 e. The molecule has 0 radical (unpaired) electrons. The number of fused-ring (bicyclic) bond motifs is 1. The maximum Gasteiger partial charge on any atom is 0.0935 e. The third-order valence-electron chi connectivity index (χ3n) is 2.91. The summed E-state index contributed by atoms with van der Waals surface area (Å²) in [5, 5.41) is 9.34. The lowest BCUT2D eigenvalue weighted by Crippen LogP contribution is -1.87. The molecule has 2 heteroatoms. The zero-order valence-corrected chi connectivity index (χ0v) is 9.59. The maximum absolute atomic E-state index is 4.13. The number of nitrogens with zero attached hydrogens (tertiary/aromatic N) is 2. The molecule has 0 aliphatic carbocycles. The van der Waals surface area contributed by atoms with Gasteiger partial charge in [-0.1, -0.05) is 48.0 Å². The molecule has 0 aliphatic rings. The predicted molar refractivity (Wildman–Crippen MR) is 69.7 cm³/mol. The summed E-state index contributed by atoms with van der Waals surface area (Å²) in [6, 6.07) is 16.6. The standard InChI is InChI=1S/C15H12N2/c1-11-6-8-12(9-7-11)14-10-16-17-15-5-3-2-4-13(14)15/h2-10H,1H3. The number of aryl methyl sites for hydroxylation is 1. The molecule has 82 valence electrons. The Balaban J connectivity index is 2.27. The van der Waals surface area contributed by atoms with Crippen molar-refractivity contribution in [3.05, 3.63) is 60.3 Å². The van der Waals surface area contributed by atoms with Crippen LogP contribution in [0.3, 0.4) is 0 Å². The molecule has 3 rings (SSSR count). The molecule has 0 bridgehead atoms. The van der Waals surface area contributed by atoms with Crippen LogP contribution in [-0.4, -0.2) is 10.2 Å². The van der Waals surface area contributed by atoms with Crippen LogP contribution in [-0.2, 0) is 0 Å². The van der Waals surface area contributed by atoms with Crippen molar-refractivity contribution in [3.63, 3.8) is 0 Å². The summed E-state index contributed by atoms with van der Waals surface area (Å²) in [6.07, 6.45) is 1.83. The third kappa shape index (κ3) is 1.78. The molecule has 0 unspecified atom stereocenters. The van der Waals surface area contributed by atoms with Crippen LogP contribution < -0.4 is 0 Å². The van der Waals surface area contributed by atoms with Crippen LogP contribution in [0.2, 0.25) is 0 Å². The number of benzene rings is 2. The zero-order chi connectivity index (χ0) is 11.7. The number of aromatic nitrogens is 2. The lowest BCUT2D eigenvalue weighted by atomic mass is 10.0. The van der Waals surface area contributed by atoms with Gasteiger partial charge in [-0.3, -0.25) is 0 Å². The molecule has 3 aromatic rings. The van der Waals surface area contributed by atoms with E-state index >= 15 is 0 Å². The highest BCUT2D eigenvalue weighted by atomic mass is 15.1. The predicted octanol–water partition coefficient (Wildman–Crippen LogP) is 3.61. The van der Waals surface area contributed by atoms with Crippen LogP contribution in [0.1, 0.15) is 5.56 Å². The van der Waals surface area contributed by atoms with Crippen molar-refractivity contribution in [1.29, 1.82) is 0 Å². The van der Waals surface area contributed by atoms with E-state index < -0.39 is 0 Å². The van der Waals surface area contributed by atoms with Crippen molar-refractivity contribution in [2.75, 3.05) is 0 Å². The highest BCUT2D eigenvalue weighted by molar-refractivity contribution is 5.93. The fourth-order valence-corrected chi connectivity index (χ4v) is 1.97. The summed E-state index contributed by atoms with van der Waals surface area (Å²) >= 11 is 0. The van der Waals surface area contributed by atoms with Gasteiger partial charge >= 0.3 is 0 Å². The van der Waals surface area contributed by atoms with Gasteiger partial charge in [0.15, 0.2) is 0 Å². The van der Waals surface area contributed by atoms with Crippen LogP contribution in [0.4, 0.5) is 0 Å². The van der Waals surface area contributed by atoms with Crippen LogP contribution in [0.15, 0.2) is 54.7 Å². The monoisotopic (exact) mass is 220 g/mol. The van der Waals surface area contributed by atoms with E-state index in [9.17, 15) is 0 Å². The van der Waals surface area contributed by atoms with Crippen molar-refractivity contribution in [3.8, 4) is 11.1 Å². The van der Waals surface area contributed by atoms with Crippen molar-refractivity contribution >= 4 is 10.9 Å². The molecule has 0 spiro atoms. The molecule has 17 heavy (non-hydrogen) atoms. The van der Waals surface area contributed by atoms with Gasteiger partial charge in [-0.15, -0.1) is 0 Å². The van der Waals surface area contributed by atoms with Gasteiger partial charge in [0.25, 0.3) is 0 Å². The van der Waals surface area contributed by atoms with E-state index in [1.54, 1.807) is 0 Å². The molecule has 2 nitrogen and oxygen atoms in total. The highest BCUT2D eigenvalue weighted by Crippen LogP contribution is 2.26. The van der Waals surface area contributed by atoms with Gasteiger partial charge in [0, 0.05) is 10.9 Å². The second-order valence-electron chi connectivity index (χ2n) is 4.14. The Morgan fingerprint density at radius 3 is 2.47 bits per heavy atom. The fraction of sp³-hybridized carbons (Fsp3) is 0.0667. The van der Waals surface area contributed by atoms with E-state index in [1.807, 2.05) is 24.4 Å². The van der Waals surface area contributed by atoms with Crippen LogP contribution in [0.25, 0.3) is 22.0 Å². The van der Waals surface area contributed by atoms with Gasteiger partial charge in [-0.05, 0) is 18.6 Å². The first-order valence-electron chi connectivity index (χ1n) is 5.62. The molecule has 2 aromatic carbocycles. The summed E-state index contributed by atoms with van der Waals surface area (Å²) in [7, 11) is 0. The van der Waals surface area contributed by atoms with Gasteiger partial charge in [-0.2, -0.15) is 10.2 Å². The van der Waals surface area contributed by atoms with Gasteiger partial charge in [0.2, 0.25) is 0 Å². The second kappa shape index (κ2) is 3.98. The average Bonchev–Trinajstić information content (AvgIpc) is 2.39. The van der Waals surface area contributed by atoms with Crippen molar-refractivity contribution in [2.45, 2.75) is 6.92 Å². The minimum atomic E-state index is 0.936. The topological polar surface area (TPSA) is 25.8 Å². The number of hydrogen-bond acceptors (Lipinski definition) is 2. The summed E-state index contributed by atoms with van der Waals surface area (Å²) in [5.74, 6) is 0. The van der Waals surface area contributed by atoms with Crippen LogP contribution in [0, 0.1) is 6.92 Å². The van der Waals surface area contributed by atoms with Crippen LogP contribution >= 0.6 is 0 Å². The van der Waals surface area contributed by atoms with Gasteiger partial charge in [0.05, 0.1) is 11.7 Å².